The molecule has 2 amide bonds. The van der Waals surface area contributed by atoms with Crippen LogP contribution in [0.15, 0.2) is 54.6 Å². The largest absolute Gasteiger partial charge is 0.274 e. The molecule has 2 aliphatic carbocycles. The van der Waals surface area contributed by atoms with Gasteiger partial charge < -0.3 is 0 Å². The highest BCUT2D eigenvalue weighted by Gasteiger charge is 2.37. The molecule has 1 heterocycles. The summed E-state index contributed by atoms with van der Waals surface area (Å²) in [7, 11) is 0. The van der Waals surface area contributed by atoms with E-state index < -0.39 is 0 Å². The minimum absolute atomic E-state index is 0.0115. The summed E-state index contributed by atoms with van der Waals surface area (Å²) in [5.74, 6) is -0.261. The molecule has 1 aliphatic heterocycles. The number of benzene rings is 2. The Bertz CT molecular complexity index is 665. The lowest BCUT2D eigenvalue weighted by Gasteiger charge is -2.39. The van der Waals surface area contributed by atoms with Crippen LogP contribution in [0.3, 0.4) is 0 Å². The van der Waals surface area contributed by atoms with Gasteiger partial charge in [-0.15, -0.1) is 0 Å². The van der Waals surface area contributed by atoms with Crippen LogP contribution in [0.4, 0.5) is 0 Å². The maximum absolute atomic E-state index is 11.3. The van der Waals surface area contributed by atoms with Crippen LogP contribution in [0.1, 0.15) is 24.9 Å². The Kier molecular flexibility index (Phi) is 3.44. The second-order valence-electron chi connectivity index (χ2n) is 5.14. The molecule has 21 heavy (non-hydrogen) atoms. The van der Waals surface area contributed by atoms with E-state index >= 15 is 0 Å². The van der Waals surface area contributed by atoms with Gasteiger partial charge in [-0.1, -0.05) is 48.5 Å². The van der Waals surface area contributed by atoms with Crippen molar-refractivity contribution >= 4 is 11.8 Å². The third-order valence-electron chi connectivity index (χ3n) is 3.52. The second kappa shape index (κ2) is 5.40. The first-order valence-electron chi connectivity index (χ1n) is 6.90. The molecule has 0 radical (unpaired) electrons. The van der Waals surface area contributed by atoms with Crippen LogP contribution in [-0.2, 0) is 9.59 Å². The molecular formula is C17H16N2O2. The van der Waals surface area contributed by atoms with Crippen LogP contribution in [0.2, 0.25) is 0 Å². The zero-order valence-corrected chi connectivity index (χ0v) is 11.7. The number of nitrogens with one attached hydrogen (secondary N) is 1. The van der Waals surface area contributed by atoms with Gasteiger partial charge in [-0.05, 0) is 22.8 Å². The number of amides is 2. The number of hydrogen-bond donors (Lipinski definition) is 1. The van der Waals surface area contributed by atoms with Gasteiger partial charge in [0, 0.05) is 6.92 Å². The Hall–Kier alpha value is -2.62. The molecule has 1 fully saturated rings. The average Bonchev–Trinajstić information content (AvgIpc) is 3.10. The van der Waals surface area contributed by atoms with Crippen LogP contribution < -0.4 is 5.43 Å². The van der Waals surface area contributed by atoms with E-state index in [1.807, 2.05) is 30.3 Å². The minimum Gasteiger partial charge on any atom is -0.274 e. The molecule has 4 rings (SSSR count). The van der Waals surface area contributed by atoms with Crippen LogP contribution in [-0.4, -0.2) is 16.8 Å². The number of carbonyl (C=O) groups excluding carboxylic acids is 2. The fourth-order valence-electron chi connectivity index (χ4n) is 2.34. The molecule has 106 valence electrons. The van der Waals surface area contributed by atoms with E-state index in [0.717, 1.165) is 5.56 Å². The number of hydrogen-bond acceptors (Lipinski definition) is 2. The van der Waals surface area contributed by atoms with Gasteiger partial charge in [0.1, 0.15) is 0 Å². The highest BCUT2D eigenvalue weighted by molar-refractivity contribution is 5.86. The van der Waals surface area contributed by atoms with E-state index in [0.29, 0.717) is 6.42 Å². The third kappa shape index (κ3) is 2.94. The van der Waals surface area contributed by atoms with Crippen molar-refractivity contribution in [3.8, 4) is 11.1 Å². The van der Waals surface area contributed by atoms with Crippen molar-refractivity contribution in [3.05, 3.63) is 60.2 Å². The number of rotatable bonds is 2. The summed E-state index contributed by atoms with van der Waals surface area (Å²) in [5.41, 5.74) is 6.42. The van der Waals surface area contributed by atoms with Gasteiger partial charge in [0.05, 0.1) is 12.5 Å². The van der Waals surface area contributed by atoms with Gasteiger partial charge in [-0.3, -0.25) is 15.0 Å². The van der Waals surface area contributed by atoms with Gasteiger partial charge in [0.25, 0.3) is 0 Å². The normalized spacial score (nSPS) is 17.3. The lowest BCUT2D eigenvalue weighted by molar-refractivity contribution is -0.156. The molecule has 1 aromatic rings. The third-order valence-corrected chi connectivity index (χ3v) is 3.52. The molecule has 1 aromatic carbocycles. The first kappa shape index (κ1) is 13.4. The van der Waals surface area contributed by atoms with Crippen molar-refractivity contribution in [3.63, 3.8) is 0 Å². The Balaban J connectivity index is 0.000000180. The number of nitrogens with zero attached hydrogens (tertiary/aromatic N) is 1. The predicted octanol–water partition coefficient (Wildman–Crippen LogP) is 2.68. The molecule has 0 aromatic heterocycles. The van der Waals surface area contributed by atoms with Crippen LogP contribution in [0, 0.1) is 0 Å². The van der Waals surface area contributed by atoms with Gasteiger partial charge in [0.2, 0.25) is 11.8 Å². The van der Waals surface area contributed by atoms with E-state index in [9.17, 15) is 9.59 Å². The van der Waals surface area contributed by atoms with Crippen molar-refractivity contribution in [2.75, 3.05) is 0 Å². The van der Waals surface area contributed by atoms with Gasteiger partial charge in [0.15, 0.2) is 0 Å². The molecule has 4 heteroatoms. The molecule has 0 saturated carbocycles. The number of carbonyl (C=O) groups is 2. The SMILES string of the molecule is CC(=O)NN1C(=O)CC1c1ccccc1.c1cc2cc-2c1. The van der Waals surface area contributed by atoms with Gasteiger partial charge in [-0.2, -0.15) is 0 Å². The number of hydrazine groups is 1. The smallest absolute Gasteiger partial charge is 0.244 e. The molecule has 3 aliphatic rings. The van der Waals surface area contributed by atoms with E-state index in [4.69, 9.17) is 0 Å². The summed E-state index contributed by atoms with van der Waals surface area (Å²) in [6.45, 7) is 1.40. The van der Waals surface area contributed by atoms with E-state index in [2.05, 4.69) is 29.7 Å². The van der Waals surface area contributed by atoms with Gasteiger partial charge in [-0.25, -0.2) is 5.01 Å². The second-order valence-corrected chi connectivity index (χ2v) is 5.14. The Labute approximate surface area is 123 Å². The summed E-state index contributed by atoms with van der Waals surface area (Å²) in [5, 5.41) is 1.39. The quantitative estimate of drug-likeness (QED) is 0.734. The lowest BCUT2D eigenvalue weighted by atomic mass is 9.96. The highest BCUT2D eigenvalue weighted by Crippen LogP contribution is 2.33. The Morgan fingerprint density at radius 2 is 1.76 bits per heavy atom. The monoisotopic (exact) mass is 280 g/mol. The zero-order valence-electron chi connectivity index (χ0n) is 11.7. The number of β-lactam (4-membered cyclic amide) rings is 1. The van der Waals surface area contributed by atoms with Crippen LogP contribution in [0.25, 0.3) is 11.1 Å². The van der Waals surface area contributed by atoms with E-state index in [-0.39, 0.29) is 17.9 Å². The van der Waals surface area contributed by atoms with Crippen molar-refractivity contribution in [1.29, 1.82) is 0 Å². The van der Waals surface area contributed by atoms with Crippen LogP contribution in [0.5, 0.6) is 0 Å². The fourth-order valence-corrected chi connectivity index (χ4v) is 2.34. The Morgan fingerprint density at radius 1 is 1.10 bits per heavy atom. The molecule has 0 spiro atoms. The van der Waals surface area contributed by atoms with Crippen molar-refractivity contribution < 1.29 is 9.59 Å². The van der Waals surface area contributed by atoms with Crippen LogP contribution >= 0.6 is 0 Å². The van der Waals surface area contributed by atoms with Crippen molar-refractivity contribution in [1.82, 2.24) is 10.4 Å². The predicted molar refractivity (Wildman–Crippen MR) is 79.9 cm³/mol. The molecule has 4 nitrogen and oxygen atoms in total. The highest BCUT2D eigenvalue weighted by atomic mass is 16.2. The molecule has 0 bridgehead atoms. The summed E-state index contributed by atoms with van der Waals surface area (Å²) in [6.07, 6.45) is 0.463. The van der Waals surface area contributed by atoms with E-state index in [1.54, 1.807) is 0 Å². The Morgan fingerprint density at radius 3 is 2.19 bits per heavy atom. The summed E-state index contributed by atoms with van der Waals surface area (Å²) in [4.78, 5) is 22.1. The first-order chi connectivity index (χ1) is 10.1. The average molecular weight is 280 g/mol. The van der Waals surface area contributed by atoms with Gasteiger partial charge >= 0.3 is 0 Å². The molecule has 1 atom stereocenters. The van der Waals surface area contributed by atoms with E-state index in [1.165, 1.54) is 23.1 Å². The molecule has 1 saturated heterocycles. The first-order valence-corrected chi connectivity index (χ1v) is 6.90. The maximum atomic E-state index is 11.3. The van der Waals surface area contributed by atoms with Crippen molar-refractivity contribution in [2.24, 2.45) is 0 Å². The summed E-state index contributed by atoms with van der Waals surface area (Å²) < 4.78 is 0. The lowest BCUT2D eigenvalue weighted by Crippen LogP contribution is -2.55. The maximum Gasteiger partial charge on any atom is 0.244 e. The topological polar surface area (TPSA) is 49.4 Å². The standard InChI is InChI=1S/C11H12N2O2.C6H4/c1-8(14)12-13-10(7-11(13)15)9-5-3-2-4-6-9;1-2-5-4-6(5)3-1/h2-6,10H,7H2,1H3,(H,12,14);1-4H. The molecule has 1 unspecified atom stereocenters. The summed E-state index contributed by atoms with van der Waals surface area (Å²) >= 11 is 0. The zero-order chi connectivity index (χ0) is 14.8. The summed E-state index contributed by atoms with van der Waals surface area (Å²) in [6, 6.07) is 18.1. The fraction of sp³-hybridized carbons (Fsp3) is 0.176. The molecule has 1 N–H and O–H groups in total. The number of fused-ring (bicyclic) bond motifs is 1. The molecular weight excluding hydrogens is 264 g/mol. The van der Waals surface area contributed by atoms with Crippen molar-refractivity contribution in [2.45, 2.75) is 19.4 Å². The minimum atomic E-state index is -0.219.